The third-order valence-corrected chi connectivity index (χ3v) is 4.53. The van der Waals surface area contributed by atoms with E-state index in [1.807, 2.05) is 13.8 Å². The minimum absolute atomic E-state index is 0.212. The summed E-state index contributed by atoms with van der Waals surface area (Å²) in [7, 11) is 1.33. The van der Waals surface area contributed by atoms with Crippen molar-refractivity contribution in [2.24, 2.45) is 0 Å². The Kier molecular flexibility index (Phi) is 5.68. The third kappa shape index (κ3) is 4.27. The Morgan fingerprint density at radius 1 is 1.35 bits per heavy atom. The zero-order valence-corrected chi connectivity index (χ0v) is 14.7. The molecule has 2 N–H and O–H groups in total. The average Bonchev–Trinajstić information content (AvgIpc) is 2.93. The molecule has 0 saturated heterocycles. The second-order valence-electron chi connectivity index (χ2n) is 4.86. The molecule has 0 spiro atoms. The molecule has 0 unspecified atom stereocenters. The summed E-state index contributed by atoms with van der Waals surface area (Å²) in [5.41, 5.74) is 1.62. The Morgan fingerprint density at radius 3 is 2.74 bits per heavy atom. The van der Waals surface area contributed by atoms with E-state index in [1.54, 1.807) is 18.2 Å². The molecule has 7 heteroatoms. The number of rotatable bonds is 4. The monoisotopic (exact) mass is 352 g/mol. The van der Waals surface area contributed by atoms with Gasteiger partial charge in [0.25, 0.3) is 0 Å². The molecule has 23 heavy (non-hydrogen) atoms. The number of anilines is 2. The van der Waals surface area contributed by atoms with E-state index in [4.69, 9.17) is 17.0 Å². The lowest BCUT2D eigenvalue weighted by molar-refractivity contribution is 0.0602. The maximum absolute atomic E-state index is 13.8. The summed E-state index contributed by atoms with van der Waals surface area (Å²) in [6.45, 7) is 3.86. The molecule has 0 amide bonds. The van der Waals surface area contributed by atoms with Crippen molar-refractivity contribution in [2.75, 3.05) is 17.7 Å². The Hall–Kier alpha value is -1.99. The van der Waals surface area contributed by atoms with Gasteiger partial charge in [0.1, 0.15) is 10.8 Å². The van der Waals surface area contributed by atoms with Crippen LogP contribution in [0.5, 0.6) is 0 Å². The molecule has 4 nitrogen and oxygen atoms in total. The van der Waals surface area contributed by atoms with E-state index >= 15 is 0 Å². The molecule has 0 bridgehead atoms. The van der Waals surface area contributed by atoms with Crippen LogP contribution in [0.15, 0.2) is 24.3 Å². The fourth-order valence-corrected chi connectivity index (χ4v) is 3.23. The number of nitrogens with one attached hydrogen (secondary N) is 2. The molecule has 122 valence electrons. The maximum Gasteiger partial charge on any atom is 0.340 e. The van der Waals surface area contributed by atoms with Crippen LogP contribution in [0.1, 0.15) is 27.7 Å². The first-order valence-electron chi connectivity index (χ1n) is 6.99. The van der Waals surface area contributed by atoms with E-state index in [0.717, 1.165) is 16.9 Å². The van der Waals surface area contributed by atoms with Crippen molar-refractivity contribution in [3.63, 3.8) is 0 Å². The van der Waals surface area contributed by atoms with Gasteiger partial charge in [0.05, 0.1) is 18.4 Å². The van der Waals surface area contributed by atoms with Crippen LogP contribution in [-0.4, -0.2) is 18.2 Å². The first-order valence-corrected chi connectivity index (χ1v) is 8.22. The smallest absolute Gasteiger partial charge is 0.340 e. The van der Waals surface area contributed by atoms with E-state index in [9.17, 15) is 9.18 Å². The van der Waals surface area contributed by atoms with Gasteiger partial charge in [-0.1, -0.05) is 13.0 Å². The van der Waals surface area contributed by atoms with Gasteiger partial charge in [-0.3, -0.25) is 0 Å². The molecule has 0 aliphatic carbocycles. The van der Waals surface area contributed by atoms with Gasteiger partial charge in [0, 0.05) is 4.88 Å². The minimum Gasteiger partial charge on any atom is -0.465 e. The molecule has 2 rings (SSSR count). The SMILES string of the molecule is CCc1cc(C(=O)OC)c(NC(=S)Nc2cc(C)ccc2F)s1. The third-order valence-electron chi connectivity index (χ3n) is 3.13. The van der Waals surface area contributed by atoms with Crippen molar-refractivity contribution in [3.05, 3.63) is 46.1 Å². The number of hydrogen-bond acceptors (Lipinski definition) is 4. The van der Waals surface area contributed by atoms with E-state index in [2.05, 4.69) is 10.6 Å². The summed E-state index contributed by atoms with van der Waals surface area (Å²) >= 11 is 6.63. The number of halogens is 1. The zero-order valence-electron chi connectivity index (χ0n) is 13.0. The molecule has 0 radical (unpaired) electrons. The van der Waals surface area contributed by atoms with Gasteiger partial charge in [-0.15, -0.1) is 11.3 Å². The van der Waals surface area contributed by atoms with Crippen molar-refractivity contribution in [3.8, 4) is 0 Å². The van der Waals surface area contributed by atoms with Gasteiger partial charge in [-0.05, 0) is 49.3 Å². The second-order valence-corrected chi connectivity index (χ2v) is 6.41. The molecular weight excluding hydrogens is 335 g/mol. The number of thiophene rings is 1. The first-order chi connectivity index (χ1) is 10.9. The van der Waals surface area contributed by atoms with E-state index in [-0.39, 0.29) is 10.8 Å². The highest BCUT2D eigenvalue weighted by molar-refractivity contribution is 7.80. The number of carbonyl (C=O) groups is 1. The van der Waals surface area contributed by atoms with Crippen molar-refractivity contribution in [1.82, 2.24) is 0 Å². The van der Waals surface area contributed by atoms with Crippen LogP contribution in [0.3, 0.4) is 0 Å². The number of methoxy groups -OCH3 is 1. The molecule has 1 heterocycles. The Balaban J connectivity index is 2.18. The van der Waals surface area contributed by atoms with Crippen LogP contribution in [0.2, 0.25) is 0 Å². The number of esters is 1. The molecule has 0 atom stereocenters. The zero-order chi connectivity index (χ0) is 17.0. The number of hydrogen-bond donors (Lipinski definition) is 2. The summed E-state index contributed by atoms with van der Waals surface area (Å²) in [5.74, 6) is -0.832. The van der Waals surface area contributed by atoms with Crippen molar-refractivity contribution < 1.29 is 13.9 Å². The van der Waals surface area contributed by atoms with E-state index in [0.29, 0.717) is 10.6 Å². The molecule has 0 aliphatic rings. The highest BCUT2D eigenvalue weighted by Gasteiger charge is 2.17. The number of carbonyl (C=O) groups excluding carboxylic acids is 1. The summed E-state index contributed by atoms with van der Waals surface area (Å²) in [6.07, 6.45) is 0.795. The lowest BCUT2D eigenvalue weighted by atomic mass is 10.2. The van der Waals surface area contributed by atoms with Crippen molar-refractivity contribution >= 4 is 45.3 Å². The van der Waals surface area contributed by atoms with Gasteiger partial charge < -0.3 is 15.4 Å². The standard InChI is InChI=1S/C16H17FN2O2S2/c1-4-10-8-11(15(20)21-3)14(23-10)19-16(22)18-13-7-9(2)5-6-12(13)17/h5-8H,4H2,1-3H3,(H2,18,19,22). The highest BCUT2D eigenvalue weighted by Crippen LogP contribution is 2.29. The number of ether oxygens (including phenoxy) is 1. The van der Waals surface area contributed by atoms with Gasteiger partial charge in [-0.2, -0.15) is 0 Å². The molecule has 1 aromatic carbocycles. The van der Waals surface area contributed by atoms with Crippen LogP contribution in [0.4, 0.5) is 15.1 Å². The fraction of sp³-hybridized carbons (Fsp3) is 0.250. The molecule has 0 saturated carbocycles. The maximum atomic E-state index is 13.8. The van der Waals surface area contributed by atoms with E-state index < -0.39 is 11.8 Å². The minimum atomic E-state index is -0.437. The topological polar surface area (TPSA) is 50.4 Å². The van der Waals surface area contributed by atoms with Crippen LogP contribution < -0.4 is 10.6 Å². The van der Waals surface area contributed by atoms with Gasteiger partial charge in [0.2, 0.25) is 0 Å². The molecule has 0 aliphatic heterocycles. The van der Waals surface area contributed by atoms with Gasteiger partial charge >= 0.3 is 5.97 Å². The Labute approximate surface area is 143 Å². The first kappa shape index (κ1) is 17.4. The van der Waals surface area contributed by atoms with Crippen LogP contribution in [0.25, 0.3) is 0 Å². The van der Waals surface area contributed by atoms with Crippen LogP contribution in [-0.2, 0) is 11.2 Å². The number of aryl methyl sites for hydroxylation is 2. The van der Waals surface area contributed by atoms with E-state index in [1.165, 1.54) is 24.5 Å². The van der Waals surface area contributed by atoms with Gasteiger partial charge in [-0.25, -0.2) is 9.18 Å². The van der Waals surface area contributed by atoms with Crippen molar-refractivity contribution in [1.29, 1.82) is 0 Å². The summed E-state index contributed by atoms with van der Waals surface area (Å²) in [6, 6.07) is 6.49. The summed E-state index contributed by atoms with van der Waals surface area (Å²) < 4.78 is 18.5. The average molecular weight is 352 g/mol. The molecule has 1 aromatic heterocycles. The number of thiocarbonyl (C=S) groups is 1. The largest absolute Gasteiger partial charge is 0.465 e. The molecule has 2 aromatic rings. The van der Waals surface area contributed by atoms with Gasteiger partial charge in [0.15, 0.2) is 5.11 Å². The molecule has 0 fully saturated rings. The normalized spacial score (nSPS) is 10.3. The quantitative estimate of drug-likeness (QED) is 0.633. The predicted molar refractivity (Wildman–Crippen MR) is 96.0 cm³/mol. The lowest BCUT2D eigenvalue weighted by Crippen LogP contribution is -2.20. The highest BCUT2D eigenvalue weighted by atomic mass is 32.1. The molecular formula is C16H17FN2O2S2. The number of benzene rings is 1. The Bertz CT molecular complexity index is 744. The van der Waals surface area contributed by atoms with Crippen LogP contribution >= 0.6 is 23.6 Å². The van der Waals surface area contributed by atoms with Crippen LogP contribution in [0, 0.1) is 12.7 Å². The fourth-order valence-electron chi connectivity index (χ4n) is 1.96. The predicted octanol–water partition coefficient (Wildman–Crippen LogP) is 4.35. The second kappa shape index (κ2) is 7.52. The van der Waals surface area contributed by atoms with Crippen molar-refractivity contribution in [2.45, 2.75) is 20.3 Å². The Morgan fingerprint density at radius 2 is 2.09 bits per heavy atom. The summed E-state index contributed by atoms with van der Waals surface area (Å²) in [5, 5.41) is 6.55. The lowest BCUT2D eigenvalue weighted by Gasteiger charge is -2.11. The summed E-state index contributed by atoms with van der Waals surface area (Å²) in [4.78, 5) is 12.8.